The molecule has 7 nitrogen and oxygen atoms in total. The van der Waals surface area contributed by atoms with Crippen LogP contribution >= 0.6 is 0 Å². The summed E-state index contributed by atoms with van der Waals surface area (Å²) >= 11 is 0. The van der Waals surface area contributed by atoms with Crippen LogP contribution in [0.15, 0.2) is 12.3 Å². The fraction of sp³-hybridized carbons (Fsp3) is 0.615. The number of carbonyl (C=O) groups is 2. The van der Waals surface area contributed by atoms with Gasteiger partial charge in [-0.2, -0.15) is 5.10 Å². The van der Waals surface area contributed by atoms with Gasteiger partial charge in [-0.3, -0.25) is 9.48 Å². The van der Waals surface area contributed by atoms with Crippen LogP contribution in [-0.2, 0) is 18.3 Å². The maximum Gasteiger partial charge on any atom is 0.317 e. The van der Waals surface area contributed by atoms with Crippen LogP contribution in [0.5, 0.6) is 0 Å². The van der Waals surface area contributed by atoms with Crippen LogP contribution in [0.3, 0.4) is 0 Å². The van der Waals surface area contributed by atoms with E-state index in [9.17, 15) is 9.59 Å². The van der Waals surface area contributed by atoms with E-state index in [2.05, 4.69) is 10.4 Å². The molecule has 2 unspecified atom stereocenters. The van der Waals surface area contributed by atoms with Gasteiger partial charge in [0.1, 0.15) is 0 Å². The zero-order chi connectivity index (χ0) is 14.7. The van der Waals surface area contributed by atoms with E-state index in [-0.39, 0.29) is 12.1 Å². The second kappa shape index (κ2) is 5.94. The Morgan fingerprint density at radius 3 is 2.85 bits per heavy atom. The Morgan fingerprint density at radius 2 is 2.30 bits per heavy atom. The van der Waals surface area contributed by atoms with Gasteiger partial charge in [0.15, 0.2) is 0 Å². The van der Waals surface area contributed by atoms with Crippen molar-refractivity contribution in [2.45, 2.75) is 25.8 Å². The molecule has 1 aromatic rings. The first-order valence-electron chi connectivity index (χ1n) is 6.75. The number of hydrogen-bond acceptors (Lipinski definition) is 3. The van der Waals surface area contributed by atoms with Crippen molar-refractivity contribution in [1.29, 1.82) is 0 Å². The molecule has 2 heterocycles. The van der Waals surface area contributed by atoms with Crippen LogP contribution in [0.2, 0.25) is 0 Å². The summed E-state index contributed by atoms with van der Waals surface area (Å²) in [6, 6.07) is 1.46. The zero-order valence-electron chi connectivity index (χ0n) is 11.7. The number of aliphatic carboxylic acids is 1. The minimum Gasteiger partial charge on any atom is -0.481 e. The van der Waals surface area contributed by atoms with Gasteiger partial charge in [0, 0.05) is 44.5 Å². The van der Waals surface area contributed by atoms with Gasteiger partial charge in [-0.25, -0.2) is 4.79 Å². The fourth-order valence-corrected chi connectivity index (χ4v) is 2.60. The fourth-order valence-electron chi connectivity index (χ4n) is 2.60. The van der Waals surface area contributed by atoms with E-state index in [1.165, 1.54) is 0 Å². The number of likely N-dealkylation sites (tertiary alicyclic amines) is 1. The third kappa shape index (κ3) is 2.92. The summed E-state index contributed by atoms with van der Waals surface area (Å²) < 4.78 is 1.77. The van der Waals surface area contributed by atoms with Gasteiger partial charge < -0.3 is 15.3 Å². The molecule has 1 fully saturated rings. The predicted molar refractivity (Wildman–Crippen MR) is 72.2 cm³/mol. The lowest BCUT2D eigenvalue weighted by Gasteiger charge is -2.23. The maximum absolute atomic E-state index is 12.0. The first-order valence-corrected chi connectivity index (χ1v) is 6.75. The van der Waals surface area contributed by atoms with Crippen LogP contribution in [-0.4, -0.2) is 50.9 Å². The second-order valence-electron chi connectivity index (χ2n) is 5.10. The molecule has 0 aliphatic carbocycles. The van der Waals surface area contributed by atoms with Crippen molar-refractivity contribution in [2.24, 2.45) is 13.0 Å². The number of urea groups is 1. The van der Waals surface area contributed by atoms with Crippen molar-refractivity contribution in [1.82, 2.24) is 20.0 Å². The number of aryl methyl sites for hydroxylation is 1. The summed E-state index contributed by atoms with van der Waals surface area (Å²) in [7, 11) is 1.86. The molecule has 1 saturated heterocycles. The Bertz CT molecular complexity index is 500. The molecular weight excluding hydrogens is 260 g/mol. The average molecular weight is 280 g/mol. The number of rotatable bonds is 4. The molecule has 1 aliphatic rings. The third-order valence-corrected chi connectivity index (χ3v) is 3.91. The van der Waals surface area contributed by atoms with Crippen molar-refractivity contribution in [3.8, 4) is 0 Å². The van der Waals surface area contributed by atoms with E-state index in [1.54, 1.807) is 22.7 Å². The molecule has 2 atom stereocenters. The largest absolute Gasteiger partial charge is 0.481 e. The van der Waals surface area contributed by atoms with Crippen molar-refractivity contribution in [3.63, 3.8) is 0 Å². The molecule has 110 valence electrons. The molecule has 0 aromatic carbocycles. The summed E-state index contributed by atoms with van der Waals surface area (Å²) in [6.07, 6.45) is 2.94. The maximum atomic E-state index is 12.0. The minimum absolute atomic E-state index is 0.191. The second-order valence-corrected chi connectivity index (χ2v) is 5.10. The van der Waals surface area contributed by atoms with Crippen molar-refractivity contribution in [2.75, 3.05) is 13.1 Å². The van der Waals surface area contributed by atoms with Crippen LogP contribution in [0.4, 0.5) is 4.79 Å². The topological polar surface area (TPSA) is 87.5 Å². The number of carboxylic acids is 1. The molecule has 0 radical (unpaired) electrons. The smallest absolute Gasteiger partial charge is 0.317 e. The molecule has 2 N–H and O–H groups in total. The standard InChI is InChI=1S/C13H20N4O3/c1-9-11(12(18)19)5-8-17(9)13(20)14-6-3-10-4-7-15-16(10)2/h4,7,9,11H,3,5-6,8H2,1-2H3,(H,14,20)(H,18,19). The van der Waals surface area contributed by atoms with Crippen LogP contribution in [0.25, 0.3) is 0 Å². The third-order valence-electron chi connectivity index (χ3n) is 3.91. The van der Waals surface area contributed by atoms with Crippen LogP contribution < -0.4 is 5.32 Å². The summed E-state index contributed by atoms with van der Waals surface area (Å²) in [5.41, 5.74) is 1.04. The highest BCUT2D eigenvalue weighted by Gasteiger charge is 2.37. The SMILES string of the molecule is CC1C(C(=O)O)CCN1C(=O)NCCc1ccnn1C. The summed E-state index contributed by atoms with van der Waals surface area (Å²) in [6.45, 7) is 2.79. The van der Waals surface area contributed by atoms with Gasteiger partial charge in [-0.1, -0.05) is 0 Å². The molecule has 1 aromatic heterocycles. The highest BCUT2D eigenvalue weighted by Crippen LogP contribution is 2.24. The summed E-state index contributed by atoms with van der Waals surface area (Å²) in [4.78, 5) is 24.7. The highest BCUT2D eigenvalue weighted by molar-refractivity contribution is 5.78. The Kier molecular flexibility index (Phi) is 4.26. The predicted octanol–water partition coefficient (Wildman–Crippen LogP) is 0.467. The van der Waals surface area contributed by atoms with Gasteiger partial charge in [-0.05, 0) is 19.4 Å². The van der Waals surface area contributed by atoms with E-state index in [0.717, 1.165) is 5.69 Å². The lowest BCUT2D eigenvalue weighted by molar-refractivity contribution is -0.142. The van der Waals surface area contributed by atoms with Crippen molar-refractivity contribution in [3.05, 3.63) is 18.0 Å². The van der Waals surface area contributed by atoms with Crippen LogP contribution in [0, 0.1) is 5.92 Å². The molecule has 0 spiro atoms. The Hall–Kier alpha value is -2.05. The highest BCUT2D eigenvalue weighted by atomic mass is 16.4. The Balaban J connectivity index is 1.81. The van der Waals surface area contributed by atoms with E-state index in [1.807, 2.05) is 13.1 Å². The molecule has 2 rings (SSSR count). The first-order chi connectivity index (χ1) is 9.50. The van der Waals surface area contributed by atoms with Gasteiger partial charge >= 0.3 is 12.0 Å². The monoisotopic (exact) mass is 280 g/mol. The zero-order valence-corrected chi connectivity index (χ0v) is 11.7. The molecule has 20 heavy (non-hydrogen) atoms. The normalized spacial score (nSPS) is 22.0. The lowest BCUT2D eigenvalue weighted by atomic mass is 10.0. The summed E-state index contributed by atoms with van der Waals surface area (Å²) in [5.74, 6) is -1.29. The van der Waals surface area contributed by atoms with Gasteiger partial charge in [0.25, 0.3) is 0 Å². The number of nitrogens with zero attached hydrogens (tertiary/aromatic N) is 3. The quantitative estimate of drug-likeness (QED) is 0.839. The number of hydrogen-bond donors (Lipinski definition) is 2. The number of amides is 2. The van der Waals surface area contributed by atoms with Gasteiger partial charge in [-0.15, -0.1) is 0 Å². The van der Waals surface area contributed by atoms with Crippen LogP contribution in [0.1, 0.15) is 19.0 Å². The number of carboxylic acid groups (broad SMARTS) is 1. The number of nitrogens with one attached hydrogen (secondary N) is 1. The molecular formula is C13H20N4O3. The molecule has 1 aliphatic heterocycles. The van der Waals surface area contributed by atoms with E-state index in [4.69, 9.17) is 5.11 Å². The van der Waals surface area contributed by atoms with Gasteiger partial charge in [0.05, 0.1) is 5.92 Å². The Labute approximate surface area is 117 Å². The number of carbonyl (C=O) groups excluding carboxylic acids is 1. The molecule has 0 saturated carbocycles. The van der Waals surface area contributed by atoms with Crippen molar-refractivity contribution < 1.29 is 14.7 Å². The minimum atomic E-state index is -0.831. The Morgan fingerprint density at radius 1 is 1.55 bits per heavy atom. The lowest BCUT2D eigenvalue weighted by Crippen LogP contribution is -2.44. The van der Waals surface area contributed by atoms with Gasteiger partial charge in [0.2, 0.25) is 0 Å². The van der Waals surface area contributed by atoms with E-state index in [0.29, 0.717) is 25.9 Å². The molecule has 0 bridgehead atoms. The van der Waals surface area contributed by atoms with E-state index < -0.39 is 11.9 Å². The first kappa shape index (κ1) is 14.4. The number of aromatic nitrogens is 2. The van der Waals surface area contributed by atoms with Crippen molar-refractivity contribution >= 4 is 12.0 Å². The molecule has 2 amide bonds. The van der Waals surface area contributed by atoms with E-state index >= 15 is 0 Å². The molecule has 7 heteroatoms. The summed E-state index contributed by atoms with van der Waals surface area (Å²) in [5, 5.41) is 15.9. The average Bonchev–Trinajstić information content (AvgIpc) is 2.96.